The Labute approximate surface area is 166 Å². The van der Waals surface area contributed by atoms with E-state index in [4.69, 9.17) is 5.14 Å². The predicted molar refractivity (Wildman–Crippen MR) is 106 cm³/mol. The van der Waals surface area contributed by atoms with Gasteiger partial charge in [-0.25, -0.2) is 22.0 Å². The molecule has 1 amide bonds. The fraction of sp³-hybridized carbons (Fsp3) is 0.188. The maximum absolute atomic E-state index is 12.2. The first-order valence-corrected chi connectivity index (χ1v) is 11.8. The summed E-state index contributed by atoms with van der Waals surface area (Å²) in [7, 11) is -7.45. The number of nitrogens with zero attached hydrogens (tertiary/aromatic N) is 1. The molecule has 0 aliphatic rings. The number of carbonyl (C=O) groups is 1. The van der Waals surface area contributed by atoms with Crippen LogP contribution in [-0.4, -0.2) is 39.8 Å². The van der Waals surface area contributed by atoms with Crippen molar-refractivity contribution in [3.05, 3.63) is 58.6 Å². The largest absolute Gasteiger partial charge is 0.325 e. The molecule has 0 saturated heterocycles. The lowest BCUT2D eigenvalue weighted by atomic mass is 10.2. The lowest BCUT2D eigenvalue weighted by Crippen LogP contribution is -2.36. The molecule has 0 bridgehead atoms. The number of amides is 1. The van der Waals surface area contributed by atoms with Gasteiger partial charge in [0, 0.05) is 16.7 Å². The Balaban J connectivity index is 2.08. The molecule has 0 aromatic heterocycles. The maximum Gasteiger partial charge on any atom is 0.239 e. The van der Waals surface area contributed by atoms with Crippen LogP contribution >= 0.6 is 15.9 Å². The summed E-state index contributed by atoms with van der Waals surface area (Å²) in [6.45, 7) is -0.338. The van der Waals surface area contributed by atoms with E-state index in [1.807, 2.05) is 0 Å². The van der Waals surface area contributed by atoms with Crippen LogP contribution < -0.4 is 10.5 Å². The molecule has 0 fully saturated rings. The highest BCUT2D eigenvalue weighted by atomic mass is 79.9. The van der Waals surface area contributed by atoms with Gasteiger partial charge in [0.25, 0.3) is 0 Å². The van der Waals surface area contributed by atoms with Gasteiger partial charge in [-0.3, -0.25) is 4.79 Å². The molecule has 0 aliphatic heterocycles. The third kappa shape index (κ3) is 6.70. The van der Waals surface area contributed by atoms with Crippen molar-refractivity contribution in [2.45, 2.75) is 11.4 Å². The Morgan fingerprint density at radius 3 is 2.07 bits per heavy atom. The Morgan fingerprint density at radius 1 is 1.04 bits per heavy atom. The lowest BCUT2D eigenvalue weighted by molar-refractivity contribution is -0.116. The van der Waals surface area contributed by atoms with Crippen LogP contribution in [0.4, 0.5) is 5.69 Å². The molecular weight excluding hydrogens is 458 g/mol. The molecule has 2 aromatic carbocycles. The van der Waals surface area contributed by atoms with Crippen LogP contribution in [0.2, 0.25) is 0 Å². The maximum atomic E-state index is 12.2. The normalized spacial score (nSPS) is 12.1. The second-order valence-electron chi connectivity index (χ2n) is 5.78. The number of hydrogen-bond donors (Lipinski definition) is 2. The summed E-state index contributed by atoms with van der Waals surface area (Å²) < 4.78 is 48.4. The monoisotopic (exact) mass is 475 g/mol. The van der Waals surface area contributed by atoms with Crippen LogP contribution in [0.15, 0.2) is 57.9 Å². The second kappa shape index (κ2) is 8.48. The summed E-state index contributed by atoms with van der Waals surface area (Å²) in [5, 5.41) is 7.54. The molecule has 0 spiro atoms. The molecule has 0 saturated carbocycles. The van der Waals surface area contributed by atoms with Gasteiger partial charge in [-0.15, -0.1) is 0 Å². The van der Waals surface area contributed by atoms with Gasteiger partial charge in [0.15, 0.2) is 0 Å². The number of rotatable bonds is 7. The predicted octanol–water partition coefficient (Wildman–Crippen LogP) is 1.50. The van der Waals surface area contributed by atoms with Gasteiger partial charge in [0.2, 0.25) is 26.0 Å². The van der Waals surface area contributed by atoms with E-state index < -0.39 is 26.0 Å². The van der Waals surface area contributed by atoms with E-state index in [1.165, 1.54) is 24.3 Å². The van der Waals surface area contributed by atoms with E-state index in [-0.39, 0.29) is 18.0 Å². The zero-order valence-corrected chi connectivity index (χ0v) is 17.5. The van der Waals surface area contributed by atoms with Crippen LogP contribution in [0.5, 0.6) is 0 Å². The Kier molecular flexibility index (Phi) is 6.76. The van der Waals surface area contributed by atoms with E-state index in [1.54, 1.807) is 24.3 Å². The first-order chi connectivity index (χ1) is 12.4. The van der Waals surface area contributed by atoms with Crippen LogP contribution in [-0.2, 0) is 31.4 Å². The highest BCUT2D eigenvalue weighted by Crippen LogP contribution is 2.15. The van der Waals surface area contributed by atoms with Crippen molar-refractivity contribution < 1.29 is 21.6 Å². The van der Waals surface area contributed by atoms with E-state index in [0.29, 0.717) is 5.69 Å². The summed E-state index contributed by atoms with van der Waals surface area (Å²) in [5.74, 6) is -0.555. The Bertz CT molecular complexity index is 1020. The average molecular weight is 476 g/mol. The van der Waals surface area contributed by atoms with Crippen LogP contribution in [0, 0.1) is 0 Å². The number of nitrogens with two attached hydrogens (primary N) is 1. The van der Waals surface area contributed by atoms with Crippen LogP contribution in [0.25, 0.3) is 0 Å². The van der Waals surface area contributed by atoms with E-state index in [2.05, 4.69) is 21.2 Å². The lowest BCUT2D eigenvalue weighted by Gasteiger charge is -2.19. The highest BCUT2D eigenvalue weighted by molar-refractivity contribution is 9.10. The SMILES string of the molecule is CS(=O)(=O)N(CC(=O)Nc1ccc(S(N)(=O)=O)cc1)Cc1ccc(Br)cc1. The molecule has 2 rings (SSSR count). The molecule has 3 N–H and O–H groups in total. The molecule has 0 unspecified atom stereocenters. The Morgan fingerprint density at radius 2 is 1.59 bits per heavy atom. The standard InChI is InChI=1S/C16H18BrN3O5S2/c1-26(22,23)20(10-12-2-4-13(17)5-3-12)11-16(21)19-14-6-8-15(9-7-14)27(18,24)25/h2-9H,10-11H2,1H3,(H,19,21)(H2,18,24,25). The molecule has 0 atom stereocenters. The zero-order chi connectivity index (χ0) is 20.2. The summed E-state index contributed by atoms with van der Waals surface area (Å²) in [5.41, 5.74) is 1.05. The molecule has 0 heterocycles. The smallest absolute Gasteiger partial charge is 0.239 e. The van der Waals surface area contributed by atoms with Crippen LogP contribution in [0.3, 0.4) is 0 Å². The topological polar surface area (TPSA) is 127 Å². The van der Waals surface area contributed by atoms with Gasteiger partial charge in [-0.2, -0.15) is 4.31 Å². The van der Waals surface area contributed by atoms with E-state index >= 15 is 0 Å². The van der Waals surface area contributed by atoms with E-state index in [9.17, 15) is 21.6 Å². The third-order valence-electron chi connectivity index (χ3n) is 3.53. The van der Waals surface area contributed by atoms with Crippen molar-refractivity contribution in [3.63, 3.8) is 0 Å². The summed E-state index contributed by atoms with van der Waals surface area (Å²) in [4.78, 5) is 12.1. The molecule has 11 heteroatoms. The molecule has 0 aliphatic carbocycles. The summed E-state index contributed by atoms with van der Waals surface area (Å²) in [6.07, 6.45) is 1.03. The van der Waals surface area contributed by atoms with Crippen molar-refractivity contribution in [1.29, 1.82) is 0 Å². The van der Waals surface area contributed by atoms with Gasteiger partial charge < -0.3 is 5.32 Å². The average Bonchev–Trinajstić information content (AvgIpc) is 2.55. The molecule has 146 valence electrons. The highest BCUT2D eigenvalue weighted by Gasteiger charge is 2.20. The minimum Gasteiger partial charge on any atom is -0.325 e. The van der Waals surface area contributed by atoms with Gasteiger partial charge >= 0.3 is 0 Å². The first-order valence-electron chi connectivity index (χ1n) is 7.57. The number of carbonyl (C=O) groups excluding carboxylic acids is 1. The molecule has 27 heavy (non-hydrogen) atoms. The van der Waals surface area contributed by atoms with E-state index in [0.717, 1.165) is 20.6 Å². The molecular formula is C16H18BrN3O5S2. The van der Waals surface area contributed by atoms with Gasteiger partial charge in [-0.05, 0) is 42.0 Å². The molecule has 0 radical (unpaired) electrons. The molecule has 8 nitrogen and oxygen atoms in total. The van der Waals surface area contributed by atoms with Crippen LogP contribution in [0.1, 0.15) is 5.56 Å². The second-order valence-corrected chi connectivity index (χ2v) is 10.2. The molecule has 2 aromatic rings. The van der Waals surface area contributed by atoms with Crippen molar-refractivity contribution in [2.24, 2.45) is 5.14 Å². The van der Waals surface area contributed by atoms with Crippen molar-refractivity contribution in [3.8, 4) is 0 Å². The number of benzene rings is 2. The number of nitrogens with one attached hydrogen (secondary N) is 1. The first kappa shape index (κ1) is 21.5. The minimum atomic E-state index is -3.83. The number of halogens is 1. The summed E-state index contributed by atoms with van der Waals surface area (Å²) in [6, 6.07) is 12.3. The number of primary sulfonamides is 1. The fourth-order valence-electron chi connectivity index (χ4n) is 2.17. The quantitative estimate of drug-likeness (QED) is 0.626. The van der Waals surface area contributed by atoms with Gasteiger partial charge in [-0.1, -0.05) is 28.1 Å². The fourth-order valence-corrected chi connectivity index (χ4v) is 3.69. The summed E-state index contributed by atoms with van der Waals surface area (Å²) >= 11 is 3.30. The van der Waals surface area contributed by atoms with Gasteiger partial charge in [0.1, 0.15) is 0 Å². The third-order valence-corrected chi connectivity index (χ3v) is 6.18. The van der Waals surface area contributed by atoms with Gasteiger partial charge in [0.05, 0.1) is 17.7 Å². The van der Waals surface area contributed by atoms with Crippen molar-refractivity contribution in [2.75, 3.05) is 18.1 Å². The van der Waals surface area contributed by atoms with Crippen molar-refractivity contribution >= 4 is 47.6 Å². The number of hydrogen-bond acceptors (Lipinski definition) is 5. The van der Waals surface area contributed by atoms with Crippen molar-refractivity contribution in [1.82, 2.24) is 4.31 Å². The number of anilines is 1. The minimum absolute atomic E-state index is 0.0455. The number of sulfonamides is 2. The zero-order valence-electron chi connectivity index (χ0n) is 14.3. The Hall–Kier alpha value is -1.79.